The van der Waals surface area contributed by atoms with Crippen molar-refractivity contribution in [2.24, 2.45) is 0 Å². The van der Waals surface area contributed by atoms with Crippen LogP contribution in [0.5, 0.6) is 0 Å². The normalized spacial score (nSPS) is 17.8. The van der Waals surface area contributed by atoms with Gasteiger partial charge < -0.3 is 15.2 Å². The molecule has 21 heavy (non-hydrogen) atoms. The predicted molar refractivity (Wildman–Crippen MR) is 78.1 cm³/mol. The van der Waals surface area contributed by atoms with Crippen molar-refractivity contribution < 1.29 is 19.4 Å². The number of thioether (sulfide) groups is 1. The van der Waals surface area contributed by atoms with Crippen molar-refractivity contribution in [1.82, 2.24) is 15.3 Å². The summed E-state index contributed by atoms with van der Waals surface area (Å²) in [5, 5.41) is 13.2. The van der Waals surface area contributed by atoms with E-state index < -0.39 is 12.1 Å². The molecule has 0 aliphatic carbocycles. The summed E-state index contributed by atoms with van der Waals surface area (Å²) < 4.78 is 5.06. The minimum atomic E-state index is -0.958. The monoisotopic (exact) mass is 325 g/mol. The quantitative estimate of drug-likeness (QED) is 0.654. The van der Waals surface area contributed by atoms with E-state index in [1.165, 1.54) is 18.1 Å². The summed E-state index contributed by atoms with van der Waals surface area (Å²) in [7, 11) is 0. The molecule has 0 aromatic carbocycles. The van der Waals surface area contributed by atoms with Crippen LogP contribution >= 0.6 is 23.1 Å². The van der Waals surface area contributed by atoms with Gasteiger partial charge in [-0.05, 0) is 12.5 Å². The molecule has 2 aromatic heterocycles. The van der Waals surface area contributed by atoms with Crippen LogP contribution in [0.25, 0.3) is 10.2 Å². The van der Waals surface area contributed by atoms with E-state index in [-0.39, 0.29) is 11.0 Å². The van der Waals surface area contributed by atoms with Crippen LogP contribution < -0.4 is 5.32 Å². The van der Waals surface area contributed by atoms with Crippen LogP contribution in [-0.2, 0) is 4.74 Å². The number of aryl methyl sites for hydroxylation is 1. The predicted octanol–water partition coefficient (Wildman–Crippen LogP) is 1.90. The molecule has 1 aliphatic heterocycles. The Labute approximate surface area is 127 Å². The maximum absolute atomic E-state index is 11.2. The van der Waals surface area contributed by atoms with Crippen molar-refractivity contribution in [3.05, 3.63) is 16.8 Å². The number of cyclic esters (lactones) is 1. The molecule has 0 saturated carbocycles. The van der Waals surface area contributed by atoms with E-state index in [2.05, 4.69) is 15.3 Å². The minimum Gasteiger partial charge on any atom is -0.477 e. The number of rotatable bonds is 4. The summed E-state index contributed by atoms with van der Waals surface area (Å²) >= 11 is 2.58. The van der Waals surface area contributed by atoms with E-state index in [0.717, 1.165) is 16.7 Å². The zero-order valence-electron chi connectivity index (χ0n) is 11.0. The molecule has 0 bridgehead atoms. The molecule has 3 rings (SSSR count). The number of carboxylic acid groups (broad SMARTS) is 1. The van der Waals surface area contributed by atoms with Crippen LogP contribution in [0.2, 0.25) is 0 Å². The zero-order valence-corrected chi connectivity index (χ0v) is 12.6. The Morgan fingerprint density at radius 3 is 3.10 bits per heavy atom. The number of hydrogen-bond donors (Lipinski definition) is 2. The Kier molecular flexibility index (Phi) is 3.68. The van der Waals surface area contributed by atoms with Gasteiger partial charge in [0.05, 0.1) is 6.54 Å². The Morgan fingerprint density at radius 2 is 2.43 bits per heavy atom. The summed E-state index contributed by atoms with van der Waals surface area (Å²) in [6, 6.07) is 0. The van der Waals surface area contributed by atoms with Crippen LogP contribution in [0.1, 0.15) is 15.2 Å². The number of fused-ring (bicyclic) bond motifs is 1. The molecule has 7 nitrogen and oxygen atoms in total. The van der Waals surface area contributed by atoms with Gasteiger partial charge in [0.15, 0.2) is 0 Å². The maximum atomic E-state index is 11.2. The third kappa shape index (κ3) is 2.66. The fourth-order valence-electron chi connectivity index (χ4n) is 2.05. The fourth-order valence-corrected chi connectivity index (χ4v) is 4.15. The molecule has 1 atom stereocenters. The molecule has 1 unspecified atom stereocenters. The fraction of sp³-hybridized carbons (Fsp3) is 0.333. The van der Waals surface area contributed by atoms with E-state index >= 15 is 0 Å². The van der Waals surface area contributed by atoms with E-state index in [9.17, 15) is 14.7 Å². The van der Waals surface area contributed by atoms with E-state index in [0.29, 0.717) is 27.7 Å². The van der Waals surface area contributed by atoms with E-state index in [1.807, 2.05) is 0 Å². The molecule has 2 aromatic rings. The molecular weight excluding hydrogens is 314 g/mol. The molecule has 1 saturated heterocycles. The highest BCUT2D eigenvalue weighted by Crippen LogP contribution is 2.35. The first-order chi connectivity index (χ1) is 10.1. The van der Waals surface area contributed by atoms with Crippen LogP contribution in [0.15, 0.2) is 11.4 Å². The Hall–Kier alpha value is -1.87. The van der Waals surface area contributed by atoms with Gasteiger partial charge in [-0.15, -0.1) is 23.1 Å². The highest BCUT2D eigenvalue weighted by molar-refractivity contribution is 7.99. The van der Waals surface area contributed by atoms with Gasteiger partial charge in [-0.25, -0.2) is 19.6 Å². The summed E-state index contributed by atoms with van der Waals surface area (Å²) in [5.74, 6) is -0.400. The highest BCUT2D eigenvalue weighted by atomic mass is 32.2. The number of aromatic nitrogens is 2. The number of aromatic carboxylic acids is 1. The van der Waals surface area contributed by atoms with Crippen molar-refractivity contribution in [2.75, 3.05) is 12.3 Å². The average Bonchev–Trinajstić information content (AvgIpc) is 3.01. The largest absolute Gasteiger partial charge is 0.477 e. The zero-order chi connectivity index (χ0) is 15.0. The summed E-state index contributed by atoms with van der Waals surface area (Å²) in [6.07, 6.45) is 0.809. The van der Waals surface area contributed by atoms with Crippen LogP contribution in [-0.4, -0.2) is 45.5 Å². The maximum Gasteiger partial charge on any atom is 0.407 e. The average molecular weight is 325 g/mol. The lowest BCUT2D eigenvalue weighted by molar-refractivity contribution is 0.0701. The first-order valence-electron chi connectivity index (χ1n) is 6.11. The Morgan fingerprint density at radius 1 is 1.62 bits per heavy atom. The number of carbonyl (C=O) groups excluding carboxylic acids is 1. The van der Waals surface area contributed by atoms with Crippen molar-refractivity contribution in [2.45, 2.75) is 18.1 Å². The van der Waals surface area contributed by atoms with Gasteiger partial charge >= 0.3 is 12.1 Å². The van der Waals surface area contributed by atoms with Crippen molar-refractivity contribution in [3.63, 3.8) is 0 Å². The Balaban J connectivity index is 1.88. The lowest BCUT2D eigenvalue weighted by Crippen LogP contribution is -2.16. The number of carbonyl (C=O) groups is 2. The molecular formula is C12H11N3O4S2. The van der Waals surface area contributed by atoms with Gasteiger partial charge in [0, 0.05) is 11.1 Å². The standard InChI is InChI=1S/C12H11N3O4S2/c1-5-7-9(20-3-6-2-13-12(18)19-6)14-4-15-10(7)21-8(5)11(16)17/h4,6H,2-3H2,1H3,(H,13,18)(H,16,17). The third-order valence-electron chi connectivity index (χ3n) is 3.04. The second-order valence-electron chi connectivity index (χ2n) is 4.44. The number of nitrogens with one attached hydrogen (secondary N) is 1. The Bertz CT molecular complexity index is 731. The van der Waals surface area contributed by atoms with E-state index in [4.69, 9.17) is 4.74 Å². The SMILES string of the molecule is Cc1c(C(=O)O)sc2ncnc(SCC3CNC(=O)O3)c12. The van der Waals surface area contributed by atoms with Gasteiger partial charge in [0.2, 0.25) is 0 Å². The van der Waals surface area contributed by atoms with Gasteiger partial charge in [-0.2, -0.15) is 0 Å². The summed E-state index contributed by atoms with van der Waals surface area (Å²) in [4.78, 5) is 31.5. The summed E-state index contributed by atoms with van der Waals surface area (Å²) in [6.45, 7) is 2.23. The molecule has 0 radical (unpaired) electrons. The van der Waals surface area contributed by atoms with Crippen molar-refractivity contribution in [3.8, 4) is 0 Å². The number of hydrogen-bond acceptors (Lipinski definition) is 7. The minimum absolute atomic E-state index is 0.203. The number of thiophene rings is 1. The second-order valence-corrected chi connectivity index (χ2v) is 6.45. The van der Waals surface area contributed by atoms with Crippen LogP contribution in [0.3, 0.4) is 0 Å². The third-order valence-corrected chi connectivity index (χ3v) is 5.35. The van der Waals surface area contributed by atoms with Crippen molar-refractivity contribution in [1.29, 1.82) is 0 Å². The smallest absolute Gasteiger partial charge is 0.407 e. The topological polar surface area (TPSA) is 101 Å². The lowest BCUT2D eigenvalue weighted by Gasteiger charge is -2.07. The first kappa shape index (κ1) is 14.1. The number of alkyl carbamates (subject to hydrolysis) is 1. The number of amides is 1. The van der Waals surface area contributed by atoms with Crippen molar-refractivity contribution >= 4 is 45.4 Å². The van der Waals surface area contributed by atoms with E-state index in [1.54, 1.807) is 6.92 Å². The van der Waals surface area contributed by atoms with Gasteiger partial charge in [0.1, 0.15) is 27.2 Å². The highest BCUT2D eigenvalue weighted by Gasteiger charge is 2.24. The molecule has 9 heteroatoms. The number of carboxylic acids is 1. The van der Waals surface area contributed by atoms with Gasteiger partial charge in [-0.3, -0.25) is 0 Å². The molecule has 1 aliphatic rings. The number of nitrogens with zero attached hydrogens (tertiary/aromatic N) is 2. The first-order valence-corrected chi connectivity index (χ1v) is 7.91. The molecule has 0 spiro atoms. The lowest BCUT2D eigenvalue weighted by atomic mass is 10.2. The van der Waals surface area contributed by atoms with Crippen LogP contribution in [0.4, 0.5) is 4.79 Å². The molecule has 1 fully saturated rings. The summed E-state index contributed by atoms with van der Waals surface area (Å²) in [5.41, 5.74) is 0.673. The van der Waals surface area contributed by atoms with Gasteiger partial charge in [0.25, 0.3) is 0 Å². The second kappa shape index (κ2) is 5.49. The molecule has 3 heterocycles. The van der Waals surface area contributed by atoms with Gasteiger partial charge in [-0.1, -0.05) is 0 Å². The molecule has 1 amide bonds. The molecule has 2 N–H and O–H groups in total. The number of ether oxygens (including phenoxy) is 1. The van der Waals surface area contributed by atoms with Crippen LogP contribution in [0, 0.1) is 6.92 Å². The molecule has 110 valence electrons.